The van der Waals surface area contributed by atoms with Gasteiger partial charge >= 0.3 is 0 Å². The van der Waals surface area contributed by atoms with E-state index in [-0.39, 0.29) is 12.5 Å². The Labute approximate surface area is 121 Å². The number of benzene rings is 1. The van der Waals surface area contributed by atoms with Crippen molar-refractivity contribution in [3.05, 3.63) is 22.7 Å². The number of rotatable bonds is 4. The van der Waals surface area contributed by atoms with Crippen LogP contribution in [-0.2, 0) is 9.53 Å². The number of nitrogens with one attached hydrogen (secondary N) is 1. The van der Waals surface area contributed by atoms with E-state index < -0.39 is 0 Å². The van der Waals surface area contributed by atoms with Crippen molar-refractivity contribution in [1.82, 2.24) is 4.90 Å². The van der Waals surface area contributed by atoms with Crippen molar-refractivity contribution in [2.24, 2.45) is 0 Å². The summed E-state index contributed by atoms with van der Waals surface area (Å²) in [5.74, 6) is 0.828. The molecule has 1 aromatic rings. The molecule has 1 aliphatic rings. The Balaban J connectivity index is 1.89. The van der Waals surface area contributed by atoms with Crippen LogP contribution in [-0.4, -0.2) is 50.8 Å². The molecule has 1 aromatic carbocycles. The monoisotopic (exact) mass is 328 g/mol. The van der Waals surface area contributed by atoms with E-state index >= 15 is 0 Å². The van der Waals surface area contributed by atoms with E-state index in [1.807, 2.05) is 23.1 Å². The molecule has 1 fully saturated rings. The van der Waals surface area contributed by atoms with E-state index in [4.69, 9.17) is 9.47 Å². The summed E-state index contributed by atoms with van der Waals surface area (Å²) in [6, 6.07) is 5.65. The van der Waals surface area contributed by atoms with Crippen LogP contribution in [0.3, 0.4) is 0 Å². The summed E-state index contributed by atoms with van der Waals surface area (Å²) in [7, 11) is 1.61. The first-order valence-electron chi connectivity index (χ1n) is 6.13. The van der Waals surface area contributed by atoms with Crippen molar-refractivity contribution >= 4 is 27.5 Å². The summed E-state index contributed by atoms with van der Waals surface area (Å²) in [5.41, 5.74) is 0.863. The lowest BCUT2D eigenvalue weighted by Gasteiger charge is -2.27. The molecular weight excluding hydrogens is 312 g/mol. The minimum atomic E-state index is 0.0881. The average molecular weight is 329 g/mol. The first-order valence-corrected chi connectivity index (χ1v) is 6.93. The molecular formula is C13H17BrN2O3. The largest absolute Gasteiger partial charge is 0.495 e. The van der Waals surface area contributed by atoms with E-state index in [0.29, 0.717) is 26.3 Å². The van der Waals surface area contributed by atoms with Crippen molar-refractivity contribution < 1.29 is 14.3 Å². The fourth-order valence-electron chi connectivity index (χ4n) is 1.87. The second-order valence-corrected chi connectivity index (χ2v) is 5.05. The zero-order valence-corrected chi connectivity index (χ0v) is 12.4. The molecule has 0 radical (unpaired) electrons. The zero-order chi connectivity index (χ0) is 13.7. The van der Waals surface area contributed by atoms with Crippen molar-refractivity contribution in [2.45, 2.75) is 0 Å². The van der Waals surface area contributed by atoms with Crippen LogP contribution in [0.4, 0.5) is 5.69 Å². The number of anilines is 1. The molecule has 0 atom stereocenters. The van der Waals surface area contributed by atoms with E-state index in [1.54, 1.807) is 7.11 Å². The number of methoxy groups -OCH3 is 1. The van der Waals surface area contributed by atoms with Crippen LogP contribution >= 0.6 is 15.9 Å². The maximum atomic E-state index is 12.0. The van der Waals surface area contributed by atoms with E-state index in [9.17, 15) is 4.79 Å². The molecule has 0 spiro atoms. The number of morpholine rings is 1. The lowest BCUT2D eigenvalue weighted by Crippen LogP contribution is -2.43. The molecule has 104 valence electrons. The number of halogens is 1. The Hall–Kier alpha value is -1.27. The zero-order valence-electron chi connectivity index (χ0n) is 10.8. The fourth-order valence-corrected chi connectivity index (χ4v) is 2.28. The molecule has 0 aromatic heterocycles. The van der Waals surface area contributed by atoms with Gasteiger partial charge < -0.3 is 19.7 Å². The van der Waals surface area contributed by atoms with Crippen molar-refractivity contribution in [2.75, 3.05) is 45.3 Å². The number of hydrogen-bond acceptors (Lipinski definition) is 4. The maximum Gasteiger partial charge on any atom is 0.242 e. The molecule has 0 unspecified atom stereocenters. The summed E-state index contributed by atoms with van der Waals surface area (Å²) in [4.78, 5) is 13.8. The third-order valence-corrected chi connectivity index (χ3v) is 3.61. The molecule has 0 saturated carbocycles. The SMILES string of the molecule is COc1cc(NCC(=O)N2CCOCC2)ccc1Br. The molecule has 1 saturated heterocycles. The average Bonchev–Trinajstić information content (AvgIpc) is 2.47. The van der Waals surface area contributed by atoms with Gasteiger partial charge in [-0.1, -0.05) is 0 Å². The number of nitrogens with zero attached hydrogens (tertiary/aromatic N) is 1. The number of hydrogen-bond donors (Lipinski definition) is 1. The van der Waals surface area contributed by atoms with Crippen LogP contribution in [0.1, 0.15) is 0 Å². The third-order valence-electron chi connectivity index (χ3n) is 2.96. The van der Waals surface area contributed by atoms with Crippen molar-refractivity contribution in [1.29, 1.82) is 0 Å². The lowest BCUT2D eigenvalue weighted by atomic mass is 10.3. The second kappa shape index (κ2) is 6.77. The summed E-state index contributed by atoms with van der Waals surface area (Å²) in [6.07, 6.45) is 0. The number of carbonyl (C=O) groups is 1. The van der Waals surface area contributed by atoms with Gasteiger partial charge in [-0.25, -0.2) is 0 Å². The Morgan fingerprint density at radius 2 is 2.21 bits per heavy atom. The molecule has 5 nitrogen and oxygen atoms in total. The molecule has 2 rings (SSSR count). The first-order chi connectivity index (χ1) is 9.20. The van der Waals surface area contributed by atoms with Gasteiger partial charge in [0.1, 0.15) is 5.75 Å². The van der Waals surface area contributed by atoms with Gasteiger partial charge in [0.05, 0.1) is 31.3 Å². The summed E-state index contributed by atoms with van der Waals surface area (Å²) in [6.45, 7) is 2.87. The first kappa shape index (κ1) is 14.1. The topological polar surface area (TPSA) is 50.8 Å². The lowest BCUT2D eigenvalue weighted by molar-refractivity contribution is -0.133. The summed E-state index contributed by atoms with van der Waals surface area (Å²) < 4.78 is 11.3. The van der Waals surface area contributed by atoms with Crippen molar-refractivity contribution in [3.63, 3.8) is 0 Å². The van der Waals surface area contributed by atoms with Crippen LogP contribution in [0.2, 0.25) is 0 Å². The maximum absolute atomic E-state index is 12.0. The van der Waals surface area contributed by atoms with Gasteiger partial charge in [-0.05, 0) is 28.1 Å². The molecule has 0 bridgehead atoms. The predicted octanol–water partition coefficient (Wildman–Crippen LogP) is 1.73. The Morgan fingerprint density at radius 1 is 1.47 bits per heavy atom. The summed E-state index contributed by atoms with van der Waals surface area (Å²) in [5, 5.41) is 3.11. The van der Waals surface area contributed by atoms with E-state index in [0.717, 1.165) is 15.9 Å². The number of amides is 1. The van der Waals surface area contributed by atoms with Crippen LogP contribution in [0.5, 0.6) is 5.75 Å². The van der Waals surface area contributed by atoms with Gasteiger partial charge in [-0.3, -0.25) is 4.79 Å². The predicted molar refractivity (Wildman–Crippen MR) is 76.6 cm³/mol. The minimum absolute atomic E-state index is 0.0881. The van der Waals surface area contributed by atoms with Crippen LogP contribution in [0.15, 0.2) is 22.7 Å². The van der Waals surface area contributed by atoms with Gasteiger partial charge in [0.25, 0.3) is 0 Å². The highest BCUT2D eigenvalue weighted by atomic mass is 79.9. The minimum Gasteiger partial charge on any atom is -0.495 e. The molecule has 0 aliphatic carbocycles. The standard InChI is InChI=1S/C13H17BrN2O3/c1-18-12-8-10(2-3-11(12)14)15-9-13(17)16-4-6-19-7-5-16/h2-3,8,15H,4-7,9H2,1H3. The smallest absolute Gasteiger partial charge is 0.242 e. The quantitative estimate of drug-likeness (QED) is 0.914. The van der Waals surface area contributed by atoms with Crippen LogP contribution in [0, 0.1) is 0 Å². The Bertz CT molecular complexity index is 448. The molecule has 1 heterocycles. The Morgan fingerprint density at radius 3 is 2.89 bits per heavy atom. The van der Waals surface area contributed by atoms with Gasteiger partial charge in [0.15, 0.2) is 0 Å². The fraction of sp³-hybridized carbons (Fsp3) is 0.462. The molecule has 1 aliphatic heterocycles. The van der Waals surface area contributed by atoms with Crippen molar-refractivity contribution in [3.8, 4) is 5.75 Å². The third kappa shape index (κ3) is 3.84. The highest BCUT2D eigenvalue weighted by molar-refractivity contribution is 9.10. The number of carbonyl (C=O) groups excluding carboxylic acids is 1. The van der Waals surface area contributed by atoms with E-state index in [1.165, 1.54) is 0 Å². The molecule has 1 N–H and O–H groups in total. The highest BCUT2D eigenvalue weighted by Crippen LogP contribution is 2.27. The van der Waals surface area contributed by atoms with E-state index in [2.05, 4.69) is 21.2 Å². The van der Waals surface area contributed by atoms with Gasteiger partial charge in [-0.2, -0.15) is 0 Å². The highest BCUT2D eigenvalue weighted by Gasteiger charge is 2.16. The van der Waals surface area contributed by atoms with Crippen LogP contribution < -0.4 is 10.1 Å². The number of ether oxygens (including phenoxy) is 2. The second-order valence-electron chi connectivity index (χ2n) is 4.20. The van der Waals surface area contributed by atoms with Crippen LogP contribution in [0.25, 0.3) is 0 Å². The molecule has 1 amide bonds. The normalized spacial score (nSPS) is 15.2. The Kier molecular flexibility index (Phi) is 5.04. The van der Waals surface area contributed by atoms with Gasteiger partial charge in [0, 0.05) is 24.8 Å². The van der Waals surface area contributed by atoms with Gasteiger partial charge in [-0.15, -0.1) is 0 Å². The molecule has 6 heteroatoms. The summed E-state index contributed by atoms with van der Waals surface area (Å²) >= 11 is 3.39. The molecule has 19 heavy (non-hydrogen) atoms. The van der Waals surface area contributed by atoms with Gasteiger partial charge in [0.2, 0.25) is 5.91 Å².